The molecule has 0 saturated heterocycles. The number of hydrogen-bond acceptors (Lipinski definition) is 3. The molecule has 0 radical (unpaired) electrons. The Labute approximate surface area is 71.3 Å². The highest BCUT2D eigenvalue weighted by Gasteiger charge is 2.10. The van der Waals surface area contributed by atoms with Crippen LogP contribution in [0, 0.1) is 6.57 Å². The molecule has 0 spiro atoms. The lowest BCUT2D eigenvalue weighted by Crippen LogP contribution is -2.11. The SMILES string of the molecule is [C-]#[N+]CCC(=O)CC(=O)OCC. The zero-order valence-corrected chi connectivity index (χ0v) is 7.00. The molecule has 0 fully saturated rings. The van der Waals surface area contributed by atoms with Gasteiger partial charge in [0.1, 0.15) is 6.42 Å². The summed E-state index contributed by atoms with van der Waals surface area (Å²) in [5.41, 5.74) is 0. The van der Waals surface area contributed by atoms with Crippen molar-refractivity contribution >= 4 is 11.8 Å². The summed E-state index contributed by atoms with van der Waals surface area (Å²) in [7, 11) is 0. The first-order valence-corrected chi connectivity index (χ1v) is 3.71. The van der Waals surface area contributed by atoms with Gasteiger partial charge in [-0.05, 0) is 6.92 Å². The van der Waals surface area contributed by atoms with Gasteiger partial charge in [-0.25, -0.2) is 6.57 Å². The maximum atomic E-state index is 10.8. The smallest absolute Gasteiger partial charge is 0.313 e. The molecule has 0 unspecified atom stereocenters. The van der Waals surface area contributed by atoms with Crippen LogP contribution in [-0.2, 0) is 14.3 Å². The lowest BCUT2D eigenvalue weighted by Gasteiger charge is -1.98. The fourth-order valence-electron chi connectivity index (χ4n) is 0.642. The number of Topliss-reactive ketones (excluding diaryl/α,β-unsaturated/α-hetero) is 1. The van der Waals surface area contributed by atoms with Crippen LogP contribution in [0.25, 0.3) is 4.85 Å². The second kappa shape index (κ2) is 6.35. The van der Waals surface area contributed by atoms with E-state index in [9.17, 15) is 9.59 Å². The zero-order chi connectivity index (χ0) is 9.40. The van der Waals surface area contributed by atoms with Crippen LogP contribution in [0.2, 0.25) is 0 Å². The summed E-state index contributed by atoms with van der Waals surface area (Å²) in [6.07, 6.45) is -0.0638. The summed E-state index contributed by atoms with van der Waals surface area (Å²) in [5.74, 6) is -0.739. The zero-order valence-electron chi connectivity index (χ0n) is 7.00. The molecule has 12 heavy (non-hydrogen) atoms. The Morgan fingerprint density at radius 2 is 2.17 bits per heavy atom. The molecule has 0 atom stereocenters. The highest BCUT2D eigenvalue weighted by Crippen LogP contribution is 1.93. The highest BCUT2D eigenvalue weighted by molar-refractivity contribution is 5.95. The Kier molecular flexibility index (Phi) is 5.62. The van der Waals surface area contributed by atoms with E-state index in [1.165, 1.54) is 0 Å². The molecule has 0 N–H and O–H groups in total. The van der Waals surface area contributed by atoms with E-state index in [-0.39, 0.29) is 31.8 Å². The van der Waals surface area contributed by atoms with E-state index in [1.807, 2.05) is 0 Å². The van der Waals surface area contributed by atoms with Gasteiger partial charge >= 0.3 is 5.97 Å². The van der Waals surface area contributed by atoms with Gasteiger partial charge in [-0.3, -0.25) is 9.59 Å². The van der Waals surface area contributed by atoms with Crippen LogP contribution in [0.1, 0.15) is 19.8 Å². The summed E-state index contributed by atoms with van der Waals surface area (Å²) < 4.78 is 4.56. The second-order valence-electron chi connectivity index (χ2n) is 2.15. The van der Waals surface area contributed by atoms with Crippen molar-refractivity contribution in [2.24, 2.45) is 0 Å². The molecule has 0 aliphatic heterocycles. The quantitative estimate of drug-likeness (QED) is 0.347. The third-order valence-electron chi connectivity index (χ3n) is 1.15. The van der Waals surface area contributed by atoms with Crippen LogP contribution in [0.15, 0.2) is 0 Å². The Morgan fingerprint density at radius 3 is 2.67 bits per heavy atom. The fourth-order valence-corrected chi connectivity index (χ4v) is 0.642. The standard InChI is InChI=1S/C8H11NO3/c1-3-12-8(11)6-7(10)4-5-9-2/h3-6H2,1H3. The number of ether oxygens (including phenoxy) is 1. The molecule has 0 aromatic carbocycles. The van der Waals surface area contributed by atoms with Crippen LogP contribution < -0.4 is 0 Å². The molecule has 4 heteroatoms. The monoisotopic (exact) mass is 169 g/mol. The van der Waals surface area contributed by atoms with Gasteiger partial charge in [0.2, 0.25) is 6.54 Å². The van der Waals surface area contributed by atoms with Crippen molar-refractivity contribution in [1.82, 2.24) is 0 Å². The Balaban J connectivity index is 3.56. The van der Waals surface area contributed by atoms with Crippen molar-refractivity contribution in [2.45, 2.75) is 19.8 Å². The minimum absolute atomic E-state index is 0.141. The molecule has 0 amide bonds. The van der Waals surface area contributed by atoms with Crippen molar-refractivity contribution in [2.75, 3.05) is 13.2 Å². The van der Waals surface area contributed by atoms with Crippen LogP contribution in [0.4, 0.5) is 0 Å². The highest BCUT2D eigenvalue weighted by atomic mass is 16.5. The van der Waals surface area contributed by atoms with Gasteiger partial charge in [0, 0.05) is 0 Å². The molecule has 66 valence electrons. The van der Waals surface area contributed by atoms with Gasteiger partial charge < -0.3 is 9.58 Å². The molecule has 0 aliphatic carbocycles. The van der Waals surface area contributed by atoms with E-state index < -0.39 is 5.97 Å². The molecular weight excluding hydrogens is 158 g/mol. The summed E-state index contributed by atoms with van der Waals surface area (Å²) >= 11 is 0. The van der Waals surface area contributed by atoms with E-state index in [0.717, 1.165) is 0 Å². The molecule has 0 aromatic heterocycles. The third-order valence-corrected chi connectivity index (χ3v) is 1.15. The topological polar surface area (TPSA) is 47.7 Å². The first-order valence-electron chi connectivity index (χ1n) is 3.71. The van der Waals surface area contributed by atoms with Crippen molar-refractivity contribution in [3.05, 3.63) is 11.4 Å². The minimum Gasteiger partial charge on any atom is -0.466 e. The van der Waals surface area contributed by atoms with E-state index in [1.54, 1.807) is 6.92 Å². The van der Waals surface area contributed by atoms with E-state index in [4.69, 9.17) is 6.57 Å². The van der Waals surface area contributed by atoms with Gasteiger partial charge in [-0.1, -0.05) is 0 Å². The number of rotatable bonds is 5. The molecule has 0 bridgehead atoms. The van der Waals surface area contributed by atoms with Gasteiger partial charge in [0.05, 0.1) is 13.0 Å². The van der Waals surface area contributed by atoms with E-state index >= 15 is 0 Å². The third kappa shape index (κ3) is 5.42. The lowest BCUT2D eigenvalue weighted by molar-refractivity contribution is -0.145. The molecular formula is C8H11NO3. The summed E-state index contributed by atoms with van der Waals surface area (Å²) in [4.78, 5) is 24.5. The number of hydrogen-bond donors (Lipinski definition) is 0. The van der Waals surface area contributed by atoms with Crippen LogP contribution >= 0.6 is 0 Å². The largest absolute Gasteiger partial charge is 0.466 e. The maximum Gasteiger partial charge on any atom is 0.313 e. The van der Waals surface area contributed by atoms with Crippen molar-refractivity contribution in [1.29, 1.82) is 0 Å². The number of nitrogens with zero attached hydrogens (tertiary/aromatic N) is 1. The second-order valence-corrected chi connectivity index (χ2v) is 2.15. The van der Waals surface area contributed by atoms with Crippen molar-refractivity contribution in [3.8, 4) is 0 Å². The molecule has 0 aromatic rings. The predicted octanol–water partition coefficient (Wildman–Crippen LogP) is 0.818. The maximum absolute atomic E-state index is 10.8. The van der Waals surface area contributed by atoms with E-state index in [2.05, 4.69) is 9.58 Å². The number of ketones is 1. The number of carbonyl (C=O) groups is 2. The van der Waals surface area contributed by atoms with Gasteiger partial charge in [0.15, 0.2) is 5.78 Å². The Bertz CT molecular complexity index is 205. The molecule has 0 heterocycles. The van der Waals surface area contributed by atoms with Crippen LogP contribution in [-0.4, -0.2) is 24.9 Å². The first-order chi connectivity index (χ1) is 5.70. The lowest BCUT2D eigenvalue weighted by atomic mass is 10.2. The first kappa shape index (κ1) is 10.6. The Morgan fingerprint density at radius 1 is 1.50 bits per heavy atom. The average Bonchev–Trinajstić information content (AvgIpc) is 2.01. The van der Waals surface area contributed by atoms with Gasteiger partial charge in [-0.2, -0.15) is 0 Å². The average molecular weight is 169 g/mol. The molecule has 0 rings (SSSR count). The number of esters is 1. The van der Waals surface area contributed by atoms with Crippen LogP contribution in [0.3, 0.4) is 0 Å². The van der Waals surface area contributed by atoms with Gasteiger partial charge in [-0.15, -0.1) is 0 Å². The Hall–Kier alpha value is -1.37. The van der Waals surface area contributed by atoms with Crippen molar-refractivity contribution < 1.29 is 14.3 Å². The normalized spacial score (nSPS) is 8.67. The minimum atomic E-state index is -0.507. The number of carbonyl (C=O) groups excluding carboxylic acids is 2. The molecule has 0 saturated carbocycles. The summed E-state index contributed by atoms with van der Waals surface area (Å²) in [5, 5.41) is 0. The molecule has 4 nitrogen and oxygen atoms in total. The fraction of sp³-hybridized carbons (Fsp3) is 0.625. The molecule has 0 aliphatic rings. The van der Waals surface area contributed by atoms with E-state index in [0.29, 0.717) is 0 Å². The summed E-state index contributed by atoms with van der Waals surface area (Å²) in [6.45, 7) is 8.54. The predicted molar refractivity (Wildman–Crippen MR) is 42.3 cm³/mol. The van der Waals surface area contributed by atoms with Gasteiger partial charge in [0.25, 0.3) is 0 Å². The van der Waals surface area contributed by atoms with Crippen LogP contribution in [0.5, 0.6) is 0 Å². The summed E-state index contributed by atoms with van der Waals surface area (Å²) in [6, 6.07) is 0. The van der Waals surface area contributed by atoms with Crippen molar-refractivity contribution in [3.63, 3.8) is 0 Å².